The molecule has 74 valence electrons. The van der Waals surface area contributed by atoms with Crippen molar-refractivity contribution in [3.05, 3.63) is 39.6 Å². The number of nitrogens with zero attached hydrogens (tertiary/aromatic N) is 2. The SMILES string of the molecule is COc1ccc(C(CN=O)N=O)cc1. The molecule has 0 saturated carbocycles. The Morgan fingerprint density at radius 2 is 1.93 bits per heavy atom. The van der Waals surface area contributed by atoms with Gasteiger partial charge in [0, 0.05) is 0 Å². The third-order valence-electron chi connectivity index (χ3n) is 1.88. The van der Waals surface area contributed by atoms with Gasteiger partial charge in [0.1, 0.15) is 18.3 Å². The minimum atomic E-state index is -0.696. The lowest BCUT2D eigenvalue weighted by Gasteiger charge is -2.05. The van der Waals surface area contributed by atoms with Gasteiger partial charge in [0.05, 0.1) is 7.11 Å². The minimum absolute atomic E-state index is 0.129. The van der Waals surface area contributed by atoms with E-state index in [9.17, 15) is 9.81 Å². The summed E-state index contributed by atoms with van der Waals surface area (Å²) in [4.78, 5) is 20.4. The van der Waals surface area contributed by atoms with Gasteiger partial charge in [0.25, 0.3) is 0 Å². The van der Waals surface area contributed by atoms with E-state index < -0.39 is 6.04 Å². The molecule has 5 heteroatoms. The Labute approximate surface area is 81.0 Å². The zero-order chi connectivity index (χ0) is 10.4. The van der Waals surface area contributed by atoms with E-state index in [1.54, 1.807) is 31.4 Å². The summed E-state index contributed by atoms with van der Waals surface area (Å²) in [6.07, 6.45) is 0. The Hall–Kier alpha value is -1.78. The Kier molecular flexibility index (Phi) is 3.72. The van der Waals surface area contributed by atoms with Gasteiger partial charge in [-0.05, 0) is 17.7 Å². The van der Waals surface area contributed by atoms with E-state index in [4.69, 9.17) is 4.74 Å². The second-order valence-electron chi connectivity index (χ2n) is 2.71. The molecule has 0 heterocycles. The van der Waals surface area contributed by atoms with Crippen molar-refractivity contribution in [1.82, 2.24) is 0 Å². The molecule has 0 aromatic heterocycles. The highest BCUT2D eigenvalue weighted by Gasteiger charge is 2.11. The van der Waals surface area contributed by atoms with E-state index in [1.807, 2.05) is 0 Å². The maximum atomic E-state index is 10.4. The molecule has 5 nitrogen and oxygen atoms in total. The molecule has 0 radical (unpaired) electrons. The summed E-state index contributed by atoms with van der Waals surface area (Å²) in [5.74, 6) is 0.692. The van der Waals surface area contributed by atoms with Crippen LogP contribution in [0.4, 0.5) is 0 Å². The van der Waals surface area contributed by atoms with E-state index in [2.05, 4.69) is 10.4 Å². The van der Waals surface area contributed by atoms with Crippen LogP contribution in [-0.2, 0) is 0 Å². The topological polar surface area (TPSA) is 68.1 Å². The van der Waals surface area contributed by atoms with E-state index in [0.29, 0.717) is 11.3 Å². The van der Waals surface area contributed by atoms with Crippen molar-refractivity contribution in [1.29, 1.82) is 0 Å². The van der Waals surface area contributed by atoms with Crippen LogP contribution in [0.3, 0.4) is 0 Å². The van der Waals surface area contributed by atoms with Crippen LogP contribution in [0.15, 0.2) is 34.6 Å². The first kappa shape index (κ1) is 10.3. The molecule has 0 saturated heterocycles. The van der Waals surface area contributed by atoms with E-state index in [-0.39, 0.29) is 6.54 Å². The maximum absolute atomic E-state index is 10.4. The third-order valence-corrected chi connectivity index (χ3v) is 1.88. The fourth-order valence-corrected chi connectivity index (χ4v) is 1.10. The van der Waals surface area contributed by atoms with Gasteiger partial charge in [0.2, 0.25) is 0 Å². The lowest BCUT2D eigenvalue weighted by Crippen LogP contribution is -1.98. The van der Waals surface area contributed by atoms with Gasteiger partial charge in [-0.1, -0.05) is 22.5 Å². The Bertz CT molecular complexity index is 310. The van der Waals surface area contributed by atoms with E-state index in [1.165, 1.54) is 0 Å². The molecular weight excluding hydrogens is 184 g/mol. The largest absolute Gasteiger partial charge is 0.497 e. The maximum Gasteiger partial charge on any atom is 0.140 e. The monoisotopic (exact) mass is 194 g/mol. The minimum Gasteiger partial charge on any atom is -0.497 e. The summed E-state index contributed by atoms with van der Waals surface area (Å²) >= 11 is 0. The summed E-state index contributed by atoms with van der Waals surface area (Å²) in [7, 11) is 1.55. The quantitative estimate of drug-likeness (QED) is 0.675. The molecule has 0 spiro atoms. The van der Waals surface area contributed by atoms with Crippen LogP contribution in [0.2, 0.25) is 0 Å². The molecule has 1 aromatic rings. The van der Waals surface area contributed by atoms with Crippen LogP contribution in [0.25, 0.3) is 0 Å². The van der Waals surface area contributed by atoms with Crippen LogP contribution >= 0.6 is 0 Å². The van der Waals surface area contributed by atoms with Gasteiger partial charge in [0.15, 0.2) is 0 Å². The second kappa shape index (κ2) is 5.06. The zero-order valence-corrected chi connectivity index (χ0v) is 7.71. The molecule has 1 unspecified atom stereocenters. The number of benzene rings is 1. The lowest BCUT2D eigenvalue weighted by molar-refractivity contribution is 0.414. The first-order valence-electron chi connectivity index (χ1n) is 4.07. The molecular formula is C9H10N2O3. The number of nitroso groups, excluding NO2 is 2. The number of hydrogen-bond donors (Lipinski definition) is 0. The molecule has 1 rings (SSSR count). The Balaban J connectivity index is 2.82. The Morgan fingerprint density at radius 3 is 2.36 bits per heavy atom. The third kappa shape index (κ3) is 2.35. The first-order valence-corrected chi connectivity index (χ1v) is 4.07. The Morgan fingerprint density at radius 1 is 1.29 bits per heavy atom. The number of methoxy groups -OCH3 is 1. The molecule has 1 aromatic carbocycles. The van der Waals surface area contributed by atoms with Crippen molar-refractivity contribution < 1.29 is 4.74 Å². The molecule has 1 atom stereocenters. The van der Waals surface area contributed by atoms with Gasteiger partial charge in [-0.2, -0.15) is 9.81 Å². The van der Waals surface area contributed by atoms with Crippen molar-refractivity contribution in [2.24, 2.45) is 10.4 Å². The fraction of sp³-hybridized carbons (Fsp3) is 0.333. The number of rotatable bonds is 5. The van der Waals surface area contributed by atoms with E-state index >= 15 is 0 Å². The second-order valence-corrected chi connectivity index (χ2v) is 2.71. The van der Waals surface area contributed by atoms with Crippen molar-refractivity contribution in [3.63, 3.8) is 0 Å². The molecule has 0 aliphatic rings. The number of ether oxygens (including phenoxy) is 1. The molecule has 14 heavy (non-hydrogen) atoms. The van der Waals surface area contributed by atoms with Crippen molar-refractivity contribution >= 4 is 0 Å². The van der Waals surface area contributed by atoms with Gasteiger partial charge in [-0.15, -0.1) is 0 Å². The van der Waals surface area contributed by atoms with Crippen molar-refractivity contribution in [2.75, 3.05) is 13.7 Å². The van der Waals surface area contributed by atoms with Gasteiger partial charge in [-0.25, -0.2) is 0 Å². The number of hydrogen-bond acceptors (Lipinski definition) is 5. The zero-order valence-electron chi connectivity index (χ0n) is 7.71. The average molecular weight is 194 g/mol. The smallest absolute Gasteiger partial charge is 0.140 e. The highest BCUT2D eigenvalue weighted by Crippen LogP contribution is 2.20. The summed E-state index contributed by atoms with van der Waals surface area (Å²) in [5, 5.41) is 5.47. The predicted molar refractivity (Wildman–Crippen MR) is 52.2 cm³/mol. The van der Waals surface area contributed by atoms with Gasteiger partial charge < -0.3 is 4.74 Å². The van der Waals surface area contributed by atoms with Crippen molar-refractivity contribution in [2.45, 2.75) is 6.04 Å². The van der Waals surface area contributed by atoms with Gasteiger partial charge in [-0.3, -0.25) is 0 Å². The average Bonchev–Trinajstić information content (AvgIpc) is 2.26. The molecule has 0 N–H and O–H groups in total. The lowest BCUT2D eigenvalue weighted by atomic mass is 10.1. The first-order chi connectivity index (χ1) is 6.81. The van der Waals surface area contributed by atoms with Crippen LogP contribution in [-0.4, -0.2) is 13.7 Å². The summed E-state index contributed by atoms with van der Waals surface area (Å²) in [5.41, 5.74) is 0.667. The normalized spacial score (nSPS) is 11.8. The summed E-state index contributed by atoms with van der Waals surface area (Å²) in [6, 6.07) is 6.10. The molecule has 0 aliphatic carbocycles. The molecule has 0 bridgehead atoms. The van der Waals surface area contributed by atoms with Crippen LogP contribution in [0.5, 0.6) is 5.75 Å². The van der Waals surface area contributed by atoms with Crippen LogP contribution < -0.4 is 4.74 Å². The molecule has 0 amide bonds. The van der Waals surface area contributed by atoms with Crippen LogP contribution in [0, 0.1) is 9.81 Å². The summed E-state index contributed by atoms with van der Waals surface area (Å²) < 4.78 is 4.95. The molecule has 0 fully saturated rings. The van der Waals surface area contributed by atoms with Gasteiger partial charge >= 0.3 is 0 Å². The van der Waals surface area contributed by atoms with Crippen LogP contribution in [0.1, 0.15) is 11.6 Å². The highest BCUT2D eigenvalue weighted by molar-refractivity contribution is 5.29. The van der Waals surface area contributed by atoms with E-state index in [0.717, 1.165) is 0 Å². The predicted octanol–water partition coefficient (Wildman–Crippen LogP) is 2.27. The van der Waals surface area contributed by atoms with Crippen molar-refractivity contribution in [3.8, 4) is 5.75 Å². The highest BCUT2D eigenvalue weighted by atomic mass is 16.5. The standard InChI is InChI=1S/C9H10N2O3/c1-14-8-4-2-7(3-5-8)9(11-13)6-10-12/h2-5,9H,6H2,1H3. The molecule has 0 aliphatic heterocycles. The fourth-order valence-electron chi connectivity index (χ4n) is 1.10. The summed E-state index contributed by atoms with van der Waals surface area (Å²) in [6.45, 7) is -0.129.